The van der Waals surface area contributed by atoms with E-state index >= 15 is 0 Å². The monoisotopic (exact) mass is 276 g/mol. The highest BCUT2D eigenvalue weighted by Crippen LogP contribution is 2.30. The Balaban J connectivity index is 2.69. The molecule has 80 valence electrons. The fraction of sp³-hybridized carbons (Fsp3) is 0.154. The zero-order valence-corrected chi connectivity index (χ0v) is 10.5. The van der Waals surface area contributed by atoms with Crippen LogP contribution in [0.15, 0.2) is 50.7 Å². The number of rotatable bonds is 0. The predicted octanol–water partition coefficient (Wildman–Crippen LogP) is 2.77. The van der Waals surface area contributed by atoms with Gasteiger partial charge >= 0.3 is 0 Å². The average molecular weight is 277 g/mol. The van der Waals surface area contributed by atoms with Crippen molar-refractivity contribution in [2.75, 3.05) is 0 Å². The molecule has 0 aromatic heterocycles. The fourth-order valence-electron chi connectivity index (χ4n) is 1.65. The zero-order chi connectivity index (χ0) is 11.9. The second kappa shape index (κ2) is 3.85. The summed E-state index contributed by atoms with van der Waals surface area (Å²) in [5.41, 5.74) is 5.13. The highest BCUT2D eigenvalue weighted by molar-refractivity contribution is 9.12. The number of carbonyl (C=O) groups excluding carboxylic acids is 2. The molecule has 2 nitrogen and oxygen atoms in total. The van der Waals surface area contributed by atoms with E-state index in [2.05, 4.69) is 21.7 Å². The molecule has 3 heteroatoms. The summed E-state index contributed by atoms with van der Waals surface area (Å²) >= 11 is 3.17. The minimum atomic E-state index is -0.139. The molecule has 2 aliphatic rings. The third kappa shape index (κ3) is 1.58. The predicted molar refractivity (Wildman–Crippen MR) is 65.1 cm³/mol. The molecule has 0 fully saturated rings. The van der Waals surface area contributed by atoms with Crippen molar-refractivity contribution >= 4 is 27.5 Å². The molecule has 2 aliphatic carbocycles. The molecule has 0 N–H and O–H groups in total. The molecule has 0 amide bonds. The Kier molecular flexibility index (Phi) is 2.66. The Hall–Kier alpha value is -1.44. The van der Waals surface area contributed by atoms with Crippen LogP contribution < -0.4 is 0 Å². The van der Waals surface area contributed by atoms with E-state index in [0.29, 0.717) is 21.2 Å². The minimum Gasteiger partial charge on any atom is -0.289 e. The van der Waals surface area contributed by atoms with E-state index in [0.717, 1.165) is 5.57 Å². The van der Waals surface area contributed by atoms with Gasteiger partial charge in [-0.3, -0.25) is 9.59 Å². The molecule has 0 spiro atoms. The Morgan fingerprint density at radius 2 is 1.75 bits per heavy atom. The van der Waals surface area contributed by atoms with Gasteiger partial charge in [-0.2, -0.15) is 0 Å². The van der Waals surface area contributed by atoms with Crippen LogP contribution in [0.5, 0.6) is 0 Å². The lowest BCUT2D eigenvalue weighted by Crippen LogP contribution is -2.18. The summed E-state index contributed by atoms with van der Waals surface area (Å²) in [6.07, 6.45) is 5.05. The van der Waals surface area contributed by atoms with Crippen LogP contribution in [-0.2, 0) is 9.59 Å². The maximum atomic E-state index is 12.0. The summed E-state index contributed by atoms with van der Waals surface area (Å²) in [6, 6.07) is 0. The average Bonchev–Trinajstić information content (AvgIpc) is 2.45. The molecule has 0 bridgehead atoms. The Labute approximate surface area is 102 Å². The smallest absolute Gasteiger partial charge is 0.201 e. The van der Waals surface area contributed by atoms with Crippen molar-refractivity contribution < 1.29 is 9.59 Å². The standard InChI is InChI=1S/C13H9BrO2/c1-7-4-3-5-9-10(6-7)13(16)11(14)8(2)12(9)15/h4-6H,1-2H3. The first kappa shape index (κ1) is 11.1. The molecule has 0 aromatic rings. The van der Waals surface area contributed by atoms with Crippen molar-refractivity contribution in [1.29, 1.82) is 0 Å². The van der Waals surface area contributed by atoms with Crippen molar-refractivity contribution in [2.45, 2.75) is 13.8 Å². The van der Waals surface area contributed by atoms with Gasteiger partial charge < -0.3 is 0 Å². The largest absolute Gasteiger partial charge is 0.289 e. The normalized spacial score (nSPS) is 20.1. The van der Waals surface area contributed by atoms with Gasteiger partial charge in [0, 0.05) is 16.7 Å². The second-order valence-electron chi connectivity index (χ2n) is 3.77. The first-order chi connectivity index (χ1) is 7.52. The lowest BCUT2D eigenvalue weighted by atomic mass is 9.90. The van der Waals surface area contributed by atoms with E-state index in [1.54, 1.807) is 25.2 Å². The second-order valence-corrected chi connectivity index (χ2v) is 4.56. The topological polar surface area (TPSA) is 34.1 Å². The molecular weight excluding hydrogens is 268 g/mol. The third-order valence-electron chi connectivity index (χ3n) is 2.56. The first-order valence-corrected chi connectivity index (χ1v) is 5.62. The van der Waals surface area contributed by atoms with E-state index < -0.39 is 0 Å². The van der Waals surface area contributed by atoms with Crippen LogP contribution in [0.25, 0.3) is 0 Å². The lowest BCUT2D eigenvalue weighted by Gasteiger charge is -2.14. The van der Waals surface area contributed by atoms with Gasteiger partial charge in [0.2, 0.25) is 5.78 Å². The highest BCUT2D eigenvalue weighted by atomic mass is 79.9. The Bertz CT molecular complexity index is 565. The van der Waals surface area contributed by atoms with Gasteiger partial charge in [-0.1, -0.05) is 0 Å². The van der Waals surface area contributed by atoms with Gasteiger partial charge in [0.25, 0.3) is 0 Å². The quantitative estimate of drug-likeness (QED) is 0.504. The Morgan fingerprint density at radius 1 is 1.06 bits per heavy atom. The minimum absolute atomic E-state index is 0.117. The Morgan fingerprint density at radius 3 is 2.44 bits per heavy atom. The number of carbonyl (C=O) groups is 2. The summed E-state index contributed by atoms with van der Waals surface area (Å²) in [5.74, 6) is -0.256. The van der Waals surface area contributed by atoms with Crippen LogP contribution in [0.1, 0.15) is 13.8 Å². The van der Waals surface area contributed by atoms with Crippen LogP contribution in [0.4, 0.5) is 0 Å². The highest BCUT2D eigenvalue weighted by Gasteiger charge is 2.29. The molecule has 0 unspecified atom stereocenters. The van der Waals surface area contributed by atoms with E-state index in [1.165, 1.54) is 0 Å². The van der Waals surface area contributed by atoms with Gasteiger partial charge in [0.1, 0.15) is 0 Å². The number of halogens is 1. The molecule has 0 radical (unpaired) electrons. The van der Waals surface area contributed by atoms with Crippen LogP contribution in [0.3, 0.4) is 0 Å². The van der Waals surface area contributed by atoms with Crippen molar-refractivity contribution in [2.24, 2.45) is 0 Å². The maximum absolute atomic E-state index is 12.0. The van der Waals surface area contributed by atoms with Crippen molar-refractivity contribution in [3.05, 3.63) is 50.7 Å². The van der Waals surface area contributed by atoms with E-state index in [1.807, 2.05) is 6.92 Å². The summed E-state index contributed by atoms with van der Waals surface area (Å²) in [5, 5.41) is 0. The number of ketones is 2. The molecule has 0 aromatic carbocycles. The molecule has 2 rings (SSSR count). The first-order valence-electron chi connectivity index (χ1n) is 4.83. The zero-order valence-electron chi connectivity index (χ0n) is 8.93. The fourth-order valence-corrected chi connectivity index (χ4v) is 2.04. The lowest BCUT2D eigenvalue weighted by molar-refractivity contribution is -0.115. The molecule has 0 heterocycles. The van der Waals surface area contributed by atoms with Crippen molar-refractivity contribution in [3.63, 3.8) is 0 Å². The van der Waals surface area contributed by atoms with Crippen LogP contribution in [0, 0.1) is 0 Å². The van der Waals surface area contributed by atoms with Crippen molar-refractivity contribution in [1.82, 2.24) is 0 Å². The molecule has 0 atom stereocenters. The number of allylic oxidation sites excluding steroid dienone is 7. The summed E-state index contributed by atoms with van der Waals surface area (Å²) in [7, 11) is 0. The SMILES string of the molecule is CC1=CC2=C(C=C=C1)C(=O)C(C)=C(Br)C2=O. The molecular formula is C13H9BrO2. The molecule has 0 saturated carbocycles. The van der Waals surface area contributed by atoms with E-state index in [4.69, 9.17) is 0 Å². The third-order valence-corrected chi connectivity index (χ3v) is 3.51. The van der Waals surface area contributed by atoms with E-state index in [9.17, 15) is 9.59 Å². The van der Waals surface area contributed by atoms with Gasteiger partial charge in [-0.25, -0.2) is 0 Å². The van der Waals surface area contributed by atoms with Gasteiger partial charge in [0.15, 0.2) is 5.78 Å². The summed E-state index contributed by atoms with van der Waals surface area (Å²) in [4.78, 5) is 24.0. The van der Waals surface area contributed by atoms with Crippen LogP contribution in [-0.4, -0.2) is 11.6 Å². The van der Waals surface area contributed by atoms with Gasteiger partial charge in [-0.15, -0.1) is 5.73 Å². The number of hydrogen-bond acceptors (Lipinski definition) is 2. The van der Waals surface area contributed by atoms with E-state index in [-0.39, 0.29) is 11.6 Å². The number of Topliss-reactive ketones (excluding diaryl/α,β-unsaturated/α-hetero) is 2. The summed E-state index contributed by atoms with van der Waals surface area (Å²) < 4.78 is 0.357. The van der Waals surface area contributed by atoms with Crippen LogP contribution >= 0.6 is 15.9 Å². The van der Waals surface area contributed by atoms with Gasteiger partial charge in [-0.05, 0) is 53.6 Å². The molecule has 0 aliphatic heterocycles. The molecule has 0 saturated heterocycles. The number of hydrogen-bond donors (Lipinski definition) is 0. The summed E-state index contributed by atoms with van der Waals surface area (Å²) in [6.45, 7) is 3.51. The van der Waals surface area contributed by atoms with Crippen molar-refractivity contribution in [3.8, 4) is 0 Å². The van der Waals surface area contributed by atoms with Gasteiger partial charge in [0.05, 0.1) is 4.48 Å². The van der Waals surface area contributed by atoms with Crippen LogP contribution in [0.2, 0.25) is 0 Å². The maximum Gasteiger partial charge on any atom is 0.201 e. The molecule has 16 heavy (non-hydrogen) atoms.